The van der Waals surface area contributed by atoms with Gasteiger partial charge in [0.2, 0.25) is 0 Å². The van der Waals surface area contributed by atoms with Crippen molar-refractivity contribution in [2.75, 3.05) is 5.33 Å². The third-order valence-electron chi connectivity index (χ3n) is 2.13. The van der Waals surface area contributed by atoms with Gasteiger partial charge in [-0.05, 0) is 12.8 Å². The van der Waals surface area contributed by atoms with Crippen molar-refractivity contribution < 1.29 is 9.53 Å². The summed E-state index contributed by atoms with van der Waals surface area (Å²) in [6, 6.07) is 0. The highest BCUT2D eigenvalue weighted by molar-refractivity contribution is 9.09. The van der Waals surface area contributed by atoms with Gasteiger partial charge in [0, 0.05) is 12.3 Å². The monoisotopic (exact) mass is 264 g/mol. The van der Waals surface area contributed by atoms with Gasteiger partial charge < -0.3 is 4.74 Å². The second-order valence-corrected chi connectivity index (χ2v) is 4.24. The van der Waals surface area contributed by atoms with Gasteiger partial charge in [-0.3, -0.25) is 4.79 Å². The fourth-order valence-corrected chi connectivity index (χ4v) is 1.83. The predicted molar refractivity (Wildman–Crippen MR) is 62.7 cm³/mol. The lowest BCUT2D eigenvalue weighted by Gasteiger charge is -2.13. The number of carbonyl (C=O) groups excluding carboxylic acids is 1. The maximum absolute atomic E-state index is 10.7. The Kier molecular flexibility index (Phi) is 9.47. The first-order chi connectivity index (χ1) is 6.70. The van der Waals surface area contributed by atoms with E-state index in [2.05, 4.69) is 22.9 Å². The van der Waals surface area contributed by atoms with Gasteiger partial charge >= 0.3 is 5.97 Å². The number of esters is 1. The van der Waals surface area contributed by atoms with Crippen molar-refractivity contribution in [3.8, 4) is 0 Å². The van der Waals surface area contributed by atoms with Crippen LogP contribution in [0, 0.1) is 0 Å². The molecular formula is C11H21BrO2. The fourth-order valence-electron chi connectivity index (χ4n) is 1.38. The molecule has 0 heterocycles. The van der Waals surface area contributed by atoms with Gasteiger partial charge in [-0.25, -0.2) is 0 Å². The van der Waals surface area contributed by atoms with E-state index < -0.39 is 0 Å². The van der Waals surface area contributed by atoms with E-state index in [1.165, 1.54) is 32.6 Å². The average Bonchev–Trinajstić information content (AvgIpc) is 2.15. The van der Waals surface area contributed by atoms with Gasteiger partial charge in [0.05, 0.1) is 0 Å². The van der Waals surface area contributed by atoms with Crippen molar-refractivity contribution in [1.29, 1.82) is 0 Å². The normalized spacial score (nSPS) is 12.5. The van der Waals surface area contributed by atoms with Crippen molar-refractivity contribution >= 4 is 21.9 Å². The van der Waals surface area contributed by atoms with Gasteiger partial charge in [0.1, 0.15) is 6.10 Å². The molecule has 0 saturated heterocycles. The summed E-state index contributed by atoms with van der Waals surface area (Å²) in [6.45, 7) is 3.67. The molecule has 3 heteroatoms. The lowest BCUT2D eigenvalue weighted by atomic mass is 10.1. The van der Waals surface area contributed by atoms with E-state index in [1.54, 1.807) is 0 Å². The number of hydrogen-bond acceptors (Lipinski definition) is 2. The molecule has 0 aliphatic carbocycles. The quantitative estimate of drug-likeness (QED) is 0.380. The highest BCUT2D eigenvalue weighted by atomic mass is 79.9. The molecule has 0 bridgehead atoms. The van der Waals surface area contributed by atoms with Crippen molar-refractivity contribution in [3.63, 3.8) is 0 Å². The minimum Gasteiger partial charge on any atom is -0.462 e. The Morgan fingerprint density at radius 2 is 1.93 bits per heavy atom. The van der Waals surface area contributed by atoms with Gasteiger partial charge in [-0.1, -0.05) is 48.5 Å². The smallest absolute Gasteiger partial charge is 0.302 e. The lowest BCUT2D eigenvalue weighted by molar-refractivity contribution is -0.145. The number of carbonyl (C=O) groups is 1. The van der Waals surface area contributed by atoms with Crippen LogP contribution in [-0.2, 0) is 9.53 Å². The minimum absolute atomic E-state index is 0.0640. The summed E-state index contributed by atoms with van der Waals surface area (Å²) in [4.78, 5) is 10.7. The maximum Gasteiger partial charge on any atom is 0.302 e. The van der Waals surface area contributed by atoms with E-state index in [4.69, 9.17) is 4.74 Å². The van der Waals surface area contributed by atoms with E-state index in [0.29, 0.717) is 0 Å². The van der Waals surface area contributed by atoms with E-state index in [0.717, 1.165) is 18.2 Å². The standard InChI is InChI=1S/C11H21BrO2/c1-3-4-5-6-7-8-11(9-12)14-10(2)13/h11H,3-9H2,1-2H3. The van der Waals surface area contributed by atoms with Gasteiger partial charge in [0.25, 0.3) is 0 Å². The number of ether oxygens (including phenoxy) is 1. The van der Waals surface area contributed by atoms with Crippen LogP contribution in [0.15, 0.2) is 0 Å². The predicted octanol–water partition coefficient (Wildman–Crippen LogP) is 3.67. The Balaban J connectivity index is 3.38. The summed E-state index contributed by atoms with van der Waals surface area (Å²) in [7, 11) is 0. The van der Waals surface area contributed by atoms with Gasteiger partial charge in [0.15, 0.2) is 0 Å². The minimum atomic E-state index is -0.178. The topological polar surface area (TPSA) is 26.3 Å². The van der Waals surface area contributed by atoms with Crippen molar-refractivity contribution in [2.45, 2.75) is 58.5 Å². The Morgan fingerprint density at radius 3 is 2.43 bits per heavy atom. The molecular weight excluding hydrogens is 244 g/mol. The molecule has 0 rings (SSSR count). The van der Waals surface area contributed by atoms with Crippen LogP contribution < -0.4 is 0 Å². The Morgan fingerprint density at radius 1 is 1.29 bits per heavy atom. The molecule has 0 N–H and O–H groups in total. The third-order valence-corrected chi connectivity index (χ3v) is 2.86. The Labute approximate surface area is 95.5 Å². The zero-order valence-electron chi connectivity index (χ0n) is 9.22. The van der Waals surface area contributed by atoms with Crippen molar-refractivity contribution in [2.24, 2.45) is 0 Å². The largest absolute Gasteiger partial charge is 0.462 e. The first-order valence-corrected chi connectivity index (χ1v) is 6.56. The maximum atomic E-state index is 10.7. The molecule has 0 aromatic rings. The molecule has 14 heavy (non-hydrogen) atoms. The molecule has 0 fully saturated rings. The first-order valence-electron chi connectivity index (χ1n) is 5.43. The summed E-state index contributed by atoms with van der Waals surface area (Å²) in [5.74, 6) is -0.178. The van der Waals surface area contributed by atoms with Crippen LogP contribution in [0.3, 0.4) is 0 Å². The summed E-state index contributed by atoms with van der Waals surface area (Å²) in [6.07, 6.45) is 7.33. The number of alkyl halides is 1. The zero-order valence-corrected chi connectivity index (χ0v) is 10.8. The average molecular weight is 265 g/mol. The number of rotatable bonds is 8. The number of hydrogen-bond donors (Lipinski definition) is 0. The molecule has 84 valence electrons. The van der Waals surface area contributed by atoms with E-state index in [-0.39, 0.29) is 12.1 Å². The van der Waals surface area contributed by atoms with Crippen LogP contribution >= 0.6 is 15.9 Å². The molecule has 1 atom stereocenters. The van der Waals surface area contributed by atoms with Crippen LogP contribution in [0.5, 0.6) is 0 Å². The highest BCUT2D eigenvalue weighted by Crippen LogP contribution is 2.11. The summed E-state index contributed by atoms with van der Waals surface area (Å²) in [5.41, 5.74) is 0. The second-order valence-electron chi connectivity index (χ2n) is 3.59. The van der Waals surface area contributed by atoms with E-state index in [1.807, 2.05) is 0 Å². The molecule has 0 aliphatic heterocycles. The molecule has 1 unspecified atom stereocenters. The van der Waals surface area contributed by atoms with E-state index in [9.17, 15) is 4.79 Å². The molecule has 0 aliphatic rings. The highest BCUT2D eigenvalue weighted by Gasteiger charge is 2.09. The second kappa shape index (κ2) is 9.50. The molecule has 2 nitrogen and oxygen atoms in total. The van der Waals surface area contributed by atoms with E-state index >= 15 is 0 Å². The Hall–Kier alpha value is -0.0500. The summed E-state index contributed by atoms with van der Waals surface area (Å²) < 4.78 is 5.12. The van der Waals surface area contributed by atoms with Crippen molar-refractivity contribution in [1.82, 2.24) is 0 Å². The number of halogens is 1. The Bertz CT molecular complexity index is 148. The van der Waals surface area contributed by atoms with Crippen LogP contribution in [0.1, 0.15) is 52.4 Å². The zero-order chi connectivity index (χ0) is 10.8. The molecule has 0 spiro atoms. The van der Waals surface area contributed by atoms with Crippen LogP contribution in [0.2, 0.25) is 0 Å². The van der Waals surface area contributed by atoms with Crippen LogP contribution in [0.25, 0.3) is 0 Å². The molecule has 0 aromatic carbocycles. The van der Waals surface area contributed by atoms with Crippen molar-refractivity contribution in [3.05, 3.63) is 0 Å². The first kappa shape index (κ1) is 13.9. The van der Waals surface area contributed by atoms with Crippen LogP contribution in [-0.4, -0.2) is 17.4 Å². The van der Waals surface area contributed by atoms with Crippen LogP contribution in [0.4, 0.5) is 0 Å². The lowest BCUT2D eigenvalue weighted by Crippen LogP contribution is -2.17. The molecule has 0 amide bonds. The molecule has 0 saturated carbocycles. The number of unbranched alkanes of at least 4 members (excludes halogenated alkanes) is 4. The van der Waals surface area contributed by atoms with Gasteiger partial charge in [-0.15, -0.1) is 0 Å². The van der Waals surface area contributed by atoms with Gasteiger partial charge in [-0.2, -0.15) is 0 Å². The molecule has 0 aromatic heterocycles. The summed E-state index contributed by atoms with van der Waals surface area (Å²) >= 11 is 3.35. The SMILES string of the molecule is CCCCCCCC(CBr)OC(C)=O. The fraction of sp³-hybridized carbons (Fsp3) is 0.909. The molecule has 0 radical (unpaired) electrons. The third kappa shape index (κ3) is 8.54. The summed E-state index contributed by atoms with van der Waals surface area (Å²) in [5, 5.41) is 0.750.